The molecule has 0 aliphatic carbocycles. The van der Waals surface area contributed by atoms with Gasteiger partial charge in [-0.05, 0) is 44.7 Å². The zero-order valence-electron chi connectivity index (χ0n) is 13.1. The van der Waals surface area contributed by atoms with Crippen LogP contribution in [0, 0.1) is 13.8 Å². The lowest BCUT2D eigenvalue weighted by Crippen LogP contribution is -2.39. The van der Waals surface area contributed by atoms with Crippen LogP contribution in [-0.2, 0) is 5.66 Å². The molecular formula is C16H26N4. The van der Waals surface area contributed by atoms with E-state index in [0.717, 1.165) is 6.42 Å². The Morgan fingerprint density at radius 2 is 1.50 bits per heavy atom. The predicted molar refractivity (Wildman–Crippen MR) is 81.7 cm³/mol. The molecule has 0 aliphatic heterocycles. The summed E-state index contributed by atoms with van der Waals surface area (Å²) in [5.41, 5.74) is 2.17. The van der Waals surface area contributed by atoms with Crippen LogP contribution in [0.4, 0.5) is 0 Å². The lowest BCUT2D eigenvalue weighted by Gasteiger charge is -2.31. The van der Waals surface area contributed by atoms with Crippen molar-refractivity contribution < 1.29 is 0 Å². The van der Waals surface area contributed by atoms with Crippen molar-refractivity contribution in [1.82, 2.24) is 19.6 Å². The van der Waals surface area contributed by atoms with Gasteiger partial charge < -0.3 is 0 Å². The minimum absolute atomic E-state index is 0.212. The van der Waals surface area contributed by atoms with Gasteiger partial charge in [0.2, 0.25) is 0 Å². The molecule has 110 valence electrons. The maximum absolute atomic E-state index is 4.53. The topological polar surface area (TPSA) is 35.6 Å². The van der Waals surface area contributed by atoms with E-state index in [0.29, 0.717) is 0 Å². The first-order valence-corrected chi connectivity index (χ1v) is 7.60. The lowest BCUT2D eigenvalue weighted by molar-refractivity contribution is 0.183. The maximum atomic E-state index is 4.53. The van der Waals surface area contributed by atoms with Gasteiger partial charge in [-0.25, -0.2) is 9.36 Å². The highest BCUT2D eigenvalue weighted by atomic mass is 15.5. The van der Waals surface area contributed by atoms with Crippen molar-refractivity contribution in [2.75, 3.05) is 0 Å². The Kier molecular flexibility index (Phi) is 4.63. The van der Waals surface area contributed by atoms with E-state index in [2.05, 4.69) is 59.6 Å². The number of aryl methyl sites for hydroxylation is 2. The van der Waals surface area contributed by atoms with Crippen molar-refractivity contribution in [3.8, 4) is 0 Å². The van der Waals surface area contributed by atoms with E-state index < -0.39 is 0 Å². The highest BCUT2D eigenvalue weighted by Crippen LogP contribution is 2.25. The number of rotatable bonds is 7. The first-order valence-electron chi connectivity index (χ1n) is 7.60. The van der Waals surface area contributed by atoms with Crippen LogP contribution < -0.4 is 0 Å². The number of hydrogen-bond donors (Lipinski definition) is 0. The number of unbranched alkanes of at least 4 members (excludes halogenated alkanes) is 3. The van der Waals surface area contributed by atoms with Gasteiger partial charge in [0.1, 0.15) is 0 Å². The van der Waals surface area contributed by atoms with Crippen LogP contribution in [0.2, 0.25) is 0 Å². The highest BCUT2D eigenvalue weighted by Gasteiger charge is 2.29. The van der Waals surface area contributed by atoms with E-state index in [1.807, 2.05) is 12.4 Å². The Balaban J connectivity index is 2.23. The monoisotopic (exact) mass is 274 g/mol. The molecule has 2 aromatic rings. The van der Waals surface area contributed by atoms with Gasteiger partial charge in [-0.3, -0.25) is 0 Å². The Morgan fingerprint density at radius 3 is 1.90 bits per heavy atom. The smallest absolute Gasteiger partial charge is 0.151 e. The summed E-state index contributed by atoms with van der Waals surface area (Å²) in [6, 6.07) is 0. The van der Waals surface area contributed by atoms with Crippen LogP contribution >= 0.6 is 0 Å². The number of nitrogens with zero attached hydrogens (tertiary/aromatic N) is 4. The van der Waals surface area contributed by atoms with Crippen molar-refractivity contribution in [1.29, 1.82) is 0 Å². The second-order valence-corrected chi connectivity index (χ2v) is 5.95. The molecule has 0 unspecified atom stereocenters. The Labute approximate surface area is 121 Å². The van der Waals surface area contributed by atoms with Crippen molar-refractivity contribution in [2.24, 2.45) is 0 Å². The molecule has 0 bridgehead atoms. The van der Waals surface area contributed by atoms with E-state index in [-0.39, 0.29) is 5.66 Å². The number of aromatic nitrogens is 4. The molecule has 0 amide bonds. The normalized spacial score (nSPS) is 12.0. The summed E-state index contributed by atoms with van der Waals surface area (Å²) >= 11 is 0. The summed E-state index contributed by atoms with van der Waals surface area (Å²) in [4.78, 5) is 0. The molecule has 0 radical (unpaired) electrons. The molecule has 0 atom stereocenters. The molecule has 0 fully saturated rings. The summed E-state index contributed by atoms with van der Waals surface area (Å²) in [6.45, 7) is 8.62. The van der Waals surface area contributed by atoms with Gasteiger partial charge in [-0.2, -0.15) is 10.2 Å². The van der Waals surface area contributed by atoms with Crippen LogP contribution in [0.3, 0.4) is 0 Å². The van der Waals surface area contributed by atoms with Gasteiger partial charge in [0.15, 0.2) is 5.66 Å². The van der Waals surface area contributed by atoms with Crippen molar-refractivity contribution in [2.45, 2.75) is 65.5 Å². The second kappa shape index (κ2) is 6.25. The molecule has 0 N–H and O–H groups in total. The third kappa shape index (κ3) is 3.11. The van der Waals surface area contributed by atoms with Crippen molar-refractivity contribution >= 4 is 0 Å². The van der Waals surface area contributed by atoms with Crippen LogP contribution in [0.25, 0.3) is 0 Å². The molecule has 2 aromatic heterocycles. The van der Waals surface area contributed by atoms with E-state index in [9.17, 15) is 0 Å². The lowest BCUT2D eigenvalue weighted by atomic mass is 10.0. The predicted octanol–water partition coefficient (Wildman–Crippen LogP) is 3.89. The van der Waals surface area contributed by atoms with Crippen molar-refractivity contribution in [3.05, 3.63) is 35.9 Å². The molecule has 0 saturated heterocycles. The summed E-state index contributed by atoms with van der Waals surface area (Å²) < 4.78 is 4.11. The largest absolute Gasteiger partial charge is 0.245 e. The molecule has 4 heteroatoms. The highest BCUT2D eigenvalue weighted by molar-refractivity contribution is 5.06. The summed E-state index contributed by atoms with van der Waals surface area (Å²) in [6.07, 6.45) is 14.1. The fourth-order valence-electron chi connectivity index (χ4n) is 2.57. The zero-order chi connectivity index (χ0) is 14.6. The van der Waals surface area contributed by atoms with E-state index in [1.54, 1.807) is 0 Å². The molecule has 0 spiro atoms. The van der Waals surface area contributed by atoms with Crippen LogP contribution in [0.5, 0.6) is 0 Å². The average Bonchev–Trinajstić information content (AvgIpc) is 3.04. The fourth-order valence-corrected chi connectivity index (χ4v) is 2.57. The quantitative estimate of drug-likeness (QED) is 0.718. The van der Waals surface area contributed by atoms with Gasteiger partial charge in [0.05, 0.1) is 12.4 Å². The molecule has 0 aromatic carbocycles. The number of hydrogen-bond acceptors (Lipinski definition) is 2. The first-order chi connectivity index (χ1) is 9.56. The third-order valence-electron chi connectivity index (χ3n) is 3.91. The Morgan fingerprint density at radius 1 is 0.950 bits per heavy atom. The molecule has 2 rings (SSSR count). The van der Waals surface area contributed by atoms with Crippen LogP contribution in [-0.4, -0.2) is 19.6 Å². The summed E-state index contributed by atoms with van der Waals surface area (Å²) in [5.74, 6) is 0. The van der Waals surface area contributed by atoms with Crippen LogP contribution in [0.1, 0.15) is 57.1 Å². The maximum Gasteiger partial charge on any atom is 0.151 e. The fraction of sp³-hybridized carbons (Fsp3) is 0.625. The standard InChI is InChI=1S/C16H26N4/c1-5-6-7-8-9-16(4,19-12-14(2)10-17-19)20-13-15(3)11-18-20/h10-13H,5-9H2,1-4H3. The SMILES string of the molecule is CCCCCCC(C)(n1cc(C)cn1)n1cc(C)cn1. The Hall–Kier alpha value is -1.58. The third-order valence-corrected chi connectivity index (χ3v) is 3.91. The van der Waals surface area contributed by atoms with Gasteiger partial charge in [0, 0.05) is 12.4 Å². The summed E-state index contributed by atoms with van der Waals surface area (Å²) in [5, 5.41) is 9.06. The first kappa shape index (κ1) is 14.8. The van der Waals surface area contributed by atoms with Gasteiger partial charge in [-0.15, -0.1) is 0 Å². The minimum atomic E-state index is -0.212. The second-order valence-electron chi connectivity index (χ2n) is 5.95. The van der Waals surface area contributed by atoms with Gasteiger partial charge in [-0.1, -0.05) is 26.2 Å². The molecular weight excluding hydrogens is 248 g/mol. The van der Waals surface area contributed by atoms with Gasteiger partial charge in [0.25, 0.3) is 0 Å². The Bertz CT molecular complexity index is 498. The molecule has 4 nitrogen and oxygen atoms in total. The minimum Gasteiger partial charge on any atom is -0.245 e. The van der Waals surface area contributed by atoms with Crippen molar-refractivity contribution in [3.63, 3.8) is 0 Å². The molecule has 2 heterocycles. The molecule has 20 heavy (non-hydrogen) atoms. The summed E-state index contributed by atoms with van der Waals surface area (Å²) in [7, 11) is 0. The molecule has 0 saturated carbocycles. The van der Waals surface area contributed by atoms with Crippen LogP contribution in [0.15, 0.2) is 24.8 Å². The van der Waals surface area contributed by atoms with E-state index in [4.69, 9.17) is 0 Å². The van der Waals surface area contributed by atoms with E-state index in [1.165, 1.54) is 36.8 Å². The average molecular weight is 274 g/mol. The molecule has 0 aliphatic rings. The van der Waals surface area contributed by atoms with Gasteiger partial charge >= 0.3 is 0 Å². The zero-order valence-corrected chi connectivity index (χ0v) is 13.1. The van der Waals surface area contributed by atoms with E-state index >= 15 is 0 Å².